The van der Waals surface area contributed by atoms with Crippen molar-refractivity contribution in [2.45, 2.75) is 36.2 Å². The van der Waals surface area contributed by atoms with E-state index in [0.717, 1.165) is 17.7 Å². The third-order valence-corrected chi connectivity index (χ3v) is 7.31. The molecule has 2 aromatic carbocycles. The summed E-state index contributed by atoms with van der Waals surface area (Å²) in [6.07, 6.45) is 2.07. The van der Waals surface area contributed by atoms with Crippen LogP contribution in [0.15, 0.2) is 64.4 Å². The number of hydrogen-bond donors (Lipinski definition) is 2. The maximum Gasteiger partial charge on any atom is 0.278 e. The smallest absolute Gasteiger partial charge is 0.278 e. The normalized spacial score (nSPS) is 20.4. The lowest BCUT2D eigenvalue weighted by Gasteiger charge is -2.44. The van der Waals surface area contributed by atoms with Gasteiger partial charge in [0.1, 0.15) is 12.0 Å². The number of fused-ring (bicyclic) bond motifs is 4. The first-order chi connectivity index (χ1) is 16.4. The van der Waals surface area contributed by atoms with Crippen molar-refractivity contribution < 1.29 is 19.0 Å². The number of morpholine rings is 1. The van der Waals surface area contributed by atoms with Gasteiger partial charge in [0.05, 0.1) is 19.3 Å². The second-order valence-corrected chi connectivity index (χ2v) is 9.49. The van der Waals surface area contributed by atoms with Gasteiger partial charge in [-0.05, 0) is 48.2 Å². The number of benzene rings is 2. The zero-order valence-corrected chi connectivity index (χ0v) is 19.3. The van der Waals surface area contributed by atoms with Gasteiger partial charge in [-0.25, -0.2) is 4.39 Å². The summed E-state index contributed by atoms with van der Waals surface area (Å²) in [5.41, 5.74) is 6.17. The van der Waals surface area contributed by atoms with Crippen LogP contribution in [-0.2, 0) is 16.9 Å². The molecule has 34 heavy (non-hydrogen) atoms. The van der Waals surface area contributed by atoms with E-state index in [0.29, 0.717) is 13.2 Å². The zero-order valence-electron chi connectivity index (χ0n) is 18.5. The van der Waals surface area contributed by atoms with Gasteiger partial charge in [-0.3, -0.25) is 14.3 Å². The van der Waals surface area contributed by atoms with Crippen LogP contribution >= 0.6 is 11.8 Å². The van der Waals surface area contributed by atoms with Crippen LogP contribution in [0.3, 0.4) is 0 Å². The number of aromatic nitrogens is 1. The maximum absolute atomic E-state index is 13.1. The number of amides is 1. The van der Waals surface area contributed by atoms with E-state index in [1.165, 1.54) is 33.0 Å². The van der Waals surface area contributed by atoms with E-state index in [1.54, 1.807) is 28.8 Å². The molecule has 0 radical (unpaired) electrons. The third-order valence-electron chi connectivity index (χ3n) is 6.15. The molecule has 3 aliphatic rings. The summed E-state index contributed by atoms with van der Waals surface area (Å²) >= 11 is 1.79. The summed E-state index contributed by atoms with van der Waals surface area (Å²) in [5, 5.41) is 9.74. The zero-order chi connectivity index (χ0) is 23.8. The predicted molar refractivity (Wildman–Crippen MR) is 127 cm³/mol. The van der Waals surface area contributed by atoms with Gasteiger partial charge in [-0.15, -0.1) is 11.8 Å². The number of aromatic hydroxyl groups is 1. The summed E-state index contributed by atoms with van der Waals surface area (Å²) in [5.74, 6) is -0.147. The summed E-state index contributed by atoms with van der Waals surface area (Å²) in [6.45, 7) is 2.68. The van der Waals surface area contributed by atoms with Crippen LogP contribution in [0.5, 0.6) is 5.75 Å². The van der Waals surface area contributed by atoms with Gasteiger partial charge in [-0.1, -0.05) is 24.3 Å². The van der Waals surface area contributed by atoms with Crippen molar-refractivity contribution in [3.8, 4) is 5.75 Å². The Hall–Kier alpha value is -3.30. The van der Waals surface area contributed by atoms with Crippen LogP contribution in [0, 0.1) is 5.82 Å². The number of pyridine rings is 1. The SMILES string of the molecule is CC1COCC2Nn3ccc(=O)c(O)c3C(=O)N12.Fc1ccc2c(c1)CSc1ccccc1C2. The summed E-state index contributed by atoms with van der Waals surface area (Å²) < 4.78 is 19.9. The molecule has 2 atom stereocenters. The van der Waals surface area contributed by atoms with Crippen molar-refractivity contribution in [3.05, 3.63) is 93.2 Å². The molecule has 7 nitrogen and oxygen atoms in total. The van der Waals surface area contributed by atoms with E-state index in [2.05, 4.69) is 29.7 Å². The fourth-order valence-electron chi connectivity index (χ4n) is 4.43. The Balaban J connectivity index is 0.000000142. The van der Waals surface area contributed by atoms with Gasteiger partial charge in [0.2, 0.25) is 5.43 Å². The number of nitrogens with one attached hydrogen (secondary N) is 1. The molecule has 1 aromatic heterocycles. The Bertz CT molecular complexity index is 1310. The predicted octanol–water partition coefficient (Wildman–Crippen LogP) is 3.32. The van der Waals surface area contributed by atoms with Crippen LogP contribution in [0.2, 0.25) is 0 Å². The van der Waals surface area contributed by atoms with Gasteiger partial charge in [-0.2, -0.15) is 0 Å². The molecule has 1 fully saturated rings. The van der Waals surface area contributed by atoms with Crippen molar-refractivity contribution in [2.75, 3.05) is 18.6 Å². The summed E-state index contributed by atoms with van der Waals surface area (Å²) in [4.78, 5) is 26.7. The minimum Gasteiger partial charge on any atom is -0.502 e. The number of ether oxygens (including phenoxy) is 1. The molecule has 1 saturated heterocycles. The molecule has 176 valence electrons. The Morgan fingerprint density at radius 2 is 1.91 bits per heavy atom. The first kappa shape index (κ1) is 22.5. The number of hydrogen-bond acceptors (Lipinski definition) is 6. The van der Waals surface area contributed by atoms with E-state index in [1.807, 2.05) is 13.0 Å². The second kappa shape index (κ2) is 9.15. The Morgan fingerprint density at radius 3 is 2.76 bits per heavy atom. The fourth-order valence-corrected chi connectivity index (χ4v) is 5.51. The molecule has 2 unspecified atom stereocenters. The van der Waals surface area contributed by atoms with Gasteiger partial charge >= 0.3 is 0 Å². The fraction of sp³-hybridized carbons (Fsp3) is 0.280. The summed E-state index contributed by atoms with van der Waals surface area (Å²) in [7, 11) is 0. The molecule has 1 amide bonds. The standard InChI is InChI=1S/C14H11FS.C11H13N3O4/c15-13-6-5-10-7-11-3-1-2-4-14(11)16-9-12(10)8-13;1-6-4-18-5-8-12-13-3-2-7(15)10(16)9(13)11(17)14(6)8/h1-6,8H,7,9H2;2-3,6,8,12,16H,4-5H2,1H3. The number of halogens is 1. The molecule has 3 aliphatic heterocycles. The molecule has 0 saturated carbocycles. The number of carbonyl (C=O) groups excluding carboxylic acids is 1. The molecule has 4 heterocycles. The van der Waals surface area contributed by atoms with E-state index in [-0.39, 0.29) is 29.6 Å². The molecule has 2 N–H and O–H groups in total. The number of rotatable bonds is 0. The monoisotopic (exact) mass is 481 g/mol. The Kier molecular flexibility index (Phi) is 6.05. The quantitative estimate of drug-likeness (QED) is 0.513. The van der Waals surface area contributed by atoms with Crippen molar-refractivity contribution in [3.63, 3.8) is 0 Å². The van der Waals surface area contributed by atoms with Crippen LogP contribution in [0.1, 0.15) is 34.1 Å². The highest BCUT2D eigenvalue weighted by molar-refractivity contribution is 7.98. The van der Waals surface area contributed by atoms with Gasteiger partial charge in [0, 0.05) is 22.9 Å². The highest BCUT2D eigenvalue weighted by Crippen LogP contribution is 2.33. The lowest BCUT2D eigenvalue weighted by atomic mass is 10.0. The molecular weight excluding hydrogens is 457 g/mol. The minimum atomic E-state index is -0.559. The molecule has 9 heteroatoms. The highest BCUT2D eigenvalue weighted by atomic mass is 32.2. The highest BCUT2D eigenvalue weighted by Gasteiger charge is 2.39. The topological polar surface area (TPSA) is 83.8 Å². The second-order valence-electron chi connectivity index (χ2n) is 8.48. The Morgan fingerprint density at radius 1 is 1.09 bits per heavy atom. The molecule has 0 aliphatic carbocycles. The van der Waals surface area contributed by atoms with Crippen molar-refractivity contribution in [1.29, 1.82) is 0 Å². The van der Waals surface area contributed by atoms with Gasteiger partial charge < -0.3 is 20.2 Å². The van der Waals surface area contributed by atoms with Gasteiger partial charge in [0.15, 0.2) is 11.4 Å². The number of nitrogens with zero attached hydrogens (tertiary/aromatic N) is 2. The summed E-state index contributed by atoms with van der Waals surface area (Å²) in [6, 6.07) is 14.6. The minimum absolute atomic E-state index is 0.0208. The first-order valence-electron chi connectivity index (χ1n) is 11.0. The average molecular weight is 482 g/mol. The molecule has 0 bridgehead atoms. The number of carbonyl (C=O) groups is 1. The average Bonchev–Trinajstić information content (AvgIpc) is 3.01. The van der Waals surface area contributed by atoms with Crippen LogP contribution in [-0.4, -0.2) is 46.0 Å². The lowest BCUT2D eigenvalue weighted by Crippen LogP contribution is -2.62. The molecule has 0 spiro atoms. The van der Waals surface area contributed by atoms with Crippen molar-refractivity contribution in [2.24, 2.45) is 0 Å². The molecule has 3 aromatic rings. The van der Waals surface area contributed by atoms with Crippen LogP contribution < -0.4 is 10.9 Å². The maximum atomic E-state index is 13.1. The van der Waals surface area contributed by atoms with Crippen molar-refractivity contribution in [1.82, 2.24) is 9.58 Å². The first-order valence-corrected chi connectivity index (χ1v) is 12.0. The molecule has 6 rings (SSSR count). The lowest BCUT2D eigenvalue weighted by molar-refractivity contribution is -0.0310. The Labute approximate surface area is 200 Å². The molecular formula is C25H24FN3O4S. The van der Waals surface area contributed by atoms with E-state index in [9.17, 15) is 19.1 Å². The van der Waals surface area contributed by atoms with Crippen molar-refractivity contribution >= 4 is 17.7 Å². The largest absolute Gasteiger partial charge is 0.502 e. The van der Waals surface area contributed by atoms with Crippen LogP contribution in [0.25, 0.3) is 0 Å². The van der Waals surface area contributed by atoms with E-state index in [4.69, 9.17) is 4.74 Å². The van der Waals surface area contributed by atoms with E-state index >= 15 is 0 Å². The number of thioether (sulfide) groups is 1. The third kappa shape index (κ3) is 4.17. The van der Waals surface area contributed by atoms with Gasteiger partial charge in [0.25, 0.3) is 5.91 Å². The van der Waals surface area contributed by atoms with E-state index < -0.39 is 11.2 Å². The van der Waals surface area contributed by atoms with Crippen LogP contribution in [0.4, 0.5) is 4.39 Å².